The second kappa shape index (κ2) is 8.25. The topological polar surface area (TPSA) is 65.2 Å². The van der Waals surface area contributed by atoms with E-state index >= 15 is 0 Å². The molecule has 2 N–H and O–H groups in total. The minimum Gasteiger partial charge on any atom is -0.354 e. The van der Waals surface area contributed by atoms with Gasteiger partial charge in [-0.15, -0.1) is 11.3 Å². The van der Waals surface area contributed by atoms with Gasteiger partial charge in [0.15, 0.2) is 0 Å². The molecule has 0 saturated carbocycles. The first-order valence-electron chi connectivity index (χ1n) is 9.99. The average molecular weight is 408 g/mol. The van der Waals surface area contributed by atoms with Crippen molar-refractivity contribution in [1.82, 2.24) is 9.88 Å². The summed E-state index contributed by atoms with van der Waals surface area (Å²) in [5.41, 5.74) is 4.83. The van der Waals surface area contributed by atoms with Crippen molar-refractivity contribution in [2.75, 3.05) is 18.4 Å². The normalized spacial score (nSPS) is 15.0. The van der Waals surface area contributed by atoms with E-state index in [2.05, 4.69) is 10.3 Å². The van der Waals surface area contributed by atoms with Gasteiger partial charge in [-0.05, 0) is 68.3 Å². The van der Waals surface area contributed by atoms with Gasteiger partial charge in [0.25, 0.3) is 11.8 Å². The number of aryl methyl sites for hydroxylation is 1. The zero-order valence-corrected chi connectivity index (χ0v) is 17.6. The van der Waals surface area contributed by atoms with Crippen LogP contribution in [0.4, 0.5) is 5.69 Å². The van der Waals surface area contributed by atoms with Gasteiger partial charge in [0.05, 0.1) is 17.0 Å². The second-order valence-electron chi connectivity index (χ2n) is 7.46. The predicted octanol–water partition coefficient (Wildman–Crippen LogP) is 5.21. The first-order valence-corrected chi connectivity index (χ1v) is 10.9. The van der Waals surface area contributed by atoms with Gasteiger partial charge in [-0.3, -0.25) is 9.59 Å². The Labute approximate surface area is 174 Å². The molecule has 150 valence electrons. The summed E-state index contributed by atoms with van der Waals surface area (Å²) in [6.45, 7) is 5.50. The Balaban J connectivity index is 1.58. The summed E-state index contributed by atoms with van der Waals surface area (Å²) in [4.78, 5) is 30.8. The van der Waals surface area contributed by atoms with E-state index in [0.29, 0.717) is 11.1 Å². The van der Waals surface area contributed by atoms with E-state index in [1.165, 1.54) is 6.42 Å². The molecule has 3 heterocycles. The van der Waals surface area contributed by atoms with Crippen LogP contribution in [-0.2, 0) is 4.79 Å². The van der Waals surface area contributed by atoms with Crippen molar-refractivity contribution in [3.8, 4) is 0 Å². The number of nitrogens with zero attached hydrogens (tertiary/aromatic N) is 1. The van der Waals surface area contributed by atoms with Gasteiger partial charge in [0.2, 0.25) is 0 Å². The molecule has 0 spiro atoms. The van der Waals surface area contributed by atoms with E-state index in [1.807, 2.05) is 59.8 Å². The number of aromatic amines is 1. The Morgan fingerprint density at radius 1 is 1.14 bits per heavy atom. The zero-order chi connectivity index (χ0) is 20.4. The molecule has 1 aromatic carbocycles. The number of hydrogen-bond donors (Lipinski definition) is 2. The van der Waals surface area contributed by atoms with Crippen LogP contribution in [0.15, 0.2) is 41.1 Å². The van der Waals surface area contributed by atoms with Crippen LogP contribution in [0.1, 0.15) is 47.8 Å². The smallest absolute Gasteiger partial charge is 0.257 e. The van der Waals surface area contributed by atoms with Crippen molar-refractivity contribution < 1.29 is 9.59 Å². The number of carbonyl (C=O) groups excluding carboxylic acids is 2. The van der Waals surface area contributed by atoms with Crippen molar-refractivity contribution >= 4 is 45.3 Å². The molecule has 0 unspecified atom stereocenters. The highest BCUT2D eigenvalue weighted by Crippen LogP contribution is 2.26. The van der Waals surface area contributed by atoms with E-state index in [0.717, 1.165) is 53.8 Å². The maximum absolute atomic E-state index is 12.8. The Kier molecular flexibility index (Phi) is 5.53. The van der Waals surface area contributed by atoms with Crippen LogP contribution in [-0.4, -0.2) is 34.8 Å². The van der Waals surface area contributed by atoms with E-state index in [4.69, 9.17) is 0 Å². The highest BCUT2D eigenvalue weighted by molar-refractivity contribution is 7.08. The molecule has 4 rings (SSSR count). The molecule has 0 aliphatic carbocycles. The number of fused-ring (bicyclic) bond motifs is 1. The number of amides is 2. The standard InChI is InChI=1S/C23H25N3O2S/c1-3-18(22(27)25-21-14-29-13-15(21)2)20-12-17-11-16(7-8-19(17)24-20)23(28)26-9-5-4-6-10-26/h3,7-8,11-14,24H,4-6,9-10H2,1-2H3,(H,25,27)/b18-3+. The van der Waals surface area contributed by atoms with E-state index < -0.39 is 0 Å². The Hall–Kier alpha value is -2.86. The van der Waals surface area contributed by atoms with Gasteiger partial charge >= 0.3 is 0 Å². The monoisotopic (exact) mass is 407 g/mol. The molecule has 29 heavy (non-hydrogen) atoms. The molecule has 1 fully saturated rings. The highest BCUT2D eigenvalue weighted by atomic mass is 32.1. The van der Waals surface area contributed by atoms with Crippen molar-refractivity contribution in [2.45, 2.75) is 33.1 Å². The maximum Gasteiger partial charge on any atom is 0.257 e. The molecule has 0 radical (unpaired) electrons. The van der Waals surface area contributed by atoms with Gasteiger partial charge in [0, 0.05) is 34.9 Å². The molecule has 1 aliphatic rings. The molecular formula is C23H25N3O2S. The molecule has 1 aliphatic heterocycles. The summed E-state index contributed by atoms with van der Waals surface area (Å²) in [5.74, 6) is -0.0588. The lowest BCUT2D eigenvalue weighted by Crippen LogP contribution is -2.35. The second-order valence-corrected chi connectivity index (χ2v) is 8.21. The first-order chi connectivity index (χ1) is 14.1. The van der Waals surface area contributed by atoms with Crippen LogP contribution in [0.5, 0.6) is 0 Å². The van der Waals surface area contributed by atoms with Crippen molar-refractivity contribution in [3.63, 3.8) is 0 Å². The molecule has 3 aromatic rings. The molecule has 0 bridgehead atoms. The van der Waals surface area contributed by atoms with Crippen LogP contribution in [0, 0.1) is 6.92 Å². The fourth-order valence-electron chi connectivity index (χ4n) is 3.78. The van der Waals surface area contributed by atoms with E-state index in [1.54, 1.807) is 11.3 Å². The molecule has 0 atom stereocenters. The summed E-state index contributed by atoms with van der Waals surface area (Å²) >= 11 is 1.57. The van der Waals surface area contributed by atoms with Gasteiger partial charge in [-0.25, -0.2) is 0 Å². The fourth-order valence-corrected chi connectivity index (χ4v) is 4.56. The number of aromatic nitrogens is 1. The van der Waals surface area contributed by atoms with Crippen LogP contribution in [0.2, 0.25) is 0 Å². The van der Waals surface area contributed by atoms with Crippen LogP contribution in [0.25, 0.3) is 16.5 Å². The number of nitrogens with one attached hydrogen (secondary N) is 2. The third-order valence-electron chi connectivity index (χ3n) is 5.44. The predicted molar refractivity (Wildman–Crippen MR) is 119 cm³/mol. The molecule has 2 amide bonds. The first kappa shape index (κ1) is 19.5. The largest absolute Gasteiger partial charge is 0.354 e. The van der Waals surface area contributed by atoms with Crippen molar-refractivity contribution in [1.29, 1.82) is 0 Å². The fraction of sp³-hybridized carbons (Fsp3) is 0.304. The minimum atomic E-state index is -0.148. The number of allylic oxidation sites excluding steroid dienone is 1. The zero-order valence-electron chi connectivity index (χ0n) is 16.7. The number of piperidine rings is 1. The Morgan fingerprint density at radius 3 is 2.62 bits per heavy atom. The summed E-state index contributed by atoms with van der Waals surface area (Å²) in [6, 6.07) is 7.64. The third-order valence-corrected chi connectivity index (χ3v) is 6.30. The number of anilines is 1. The lowest BCUT2D eigenvalue weighted by atomic mass is 10.1. The molecule has 5 nitrogen and oxygen atoms in total. The van der Waals surface area contributed by atoms with Crippen molar-refractivity contribution in [3.05, 3.63) is 57.9 Å². The van der Waals surface area contributed by atoms with Crippen LogP contribution in [0.3, 0.4) is 0 Å². The summed E-state index contributed by atoms with van der Waals surface area (Å²) < 4.78 is 0. The molecular weight excluding hydrogens is 382 g/mol. The molecule has 2 aromatic heterocycles. The Morgan fingerprint density at radius 2 is 1.93 bits per heavy atom. The van der Waals surface area contributed by atoms with Crippen LogP contribution >= 0.6 is 11.3 Å². The van der Waals surface area contributed by atoms with Gasteiger partial charge in [-0.2, -0.15) is 0 Å². The summed E-state index contributed by atoms with van der Waals surface area (Å²) in [7, 11) is 0. The highest BCUT2D eigenvalue weighted by Gasteiger charge is 2.19. The lowest BCUT2D eigenvalue weighted by Gasteiger charge is -2.26. The van der Waals surface area contributed by atoms with Gasteiger partial charge in [-0.1, -0.05) is 6.08 Å². The average Bonchev–Trinajstić information content (AvgIpc) is 3.34. The number of hydrogen-bond acceptors (Lipinski definition) is 3. The number of carbonyl (C=O) groups is 2. The lowest BCUT2D eigenvalue weighted by molar-refractivity contribution is -0.111. The third kappa shape index (κ3) is 3.98. The summed E-state index contributed by atoms with van der Waals surface area (Å²) in [6.07, 6.45) is 5.15. The number of H-pyrrole nitrogens is 1. The Bertz CT molecular complexity index is 1090. The molecule has 6 heteroatoms. The van der Waals surface area contributed by atoms with E-state index in [9.17, 15) is 9.59 Å². The quantitative estimate of drug-likeness (QED) is 0.583. The summed E-state index contributed by atoms with van der Waals surface area (Å²) in [5, 5.41) is 7.85. The van der Waals surface area contributed by atoms with Crippen molar-refractivity contribution in [2.24, 2.45) is 0 Å². The molecule has 1 saturated heterocycles. The van der Waals surface area contributed by atoms with Gasteiger partial charge in [0.1, 0.15) is 0 Å². The minimum absolute atomic E-state index is 0.0892. The van der Waals surface area contributed by atoms with Gasteiger partial charge < -0.3 is 15.2 Å². The number of rotatable bonds is 4. The number of benzene rings is 1. The maximum atomic E-state index is 12.8. The SMILES string of the molecule is C/C=C(/C(=O)Nc1cscc1C)c1cc2cc(C(=O)N3CCCCC3)ccc2[nH]1. The number of thiophene rings is 1. The van der Waals surface area contributed by atoms with E-state index in [-0.39, 0.29) is 11.8 Å². The number of likely N-dealkylation sites (tertiary alicyclic amines) is 1. The van der Waals surface area contributed by atoms with Crippen LogP contribution < -0.4 is 5.32 Å².